The third kappa shape index (κ3) is 2.05. The zero-order valence-corrected chi connectivity index (χ0v) is 11.0. The molecule has 3 heterocycles. The highest BCUT2D eigenvalue weighted by Crippen LogP contribution is 2.19. The molecule has 3 rings (SSSR count). The van der Waals surface area contributed by atoms with Crippen LogP contribution in [0.5, 0.6) is 0 Å². The summed E-state index contributed by atoms with van der Waals surface area (Å²) in [7, 11) is 1.91. The molecule has 6 heteroatoms. The zero-order valence-electron chi connectivity index (χ0n) is 11.0. The minimum atomic E-state index is 0.507. The largest absolute Gasteiger partial charge is 0.369 e. The van der Waals surface area contributed by atoms with E-state index in [2.05, 4.69) is 15.1 Å². The Bertz CT molecular complexity index is 724. The van der Waals surface area contributed by atoms with E-state index in [0.29, 0.717) is 5.95 Å². The molecule has 0 aliphatic carbocycles. The molecule has 0 aliphatic rings. The Balaban J connectivity index is 1.92. The predicted molar refractivity (Wildman–Crippen MR) is 73.6 cm³/mol. The van der Waals surface area contributed by atoms with Gasteiger partial charge in [-0.3, -0.25) is 9.25 Å². The SMILES string of the molecule is Cc1ccnc2c1nc(N)n2CCc1ccn(C)n1. The molecule has 0 fully saturated rings. The van der Waals surface area contributed by atoms with Crippen LogP contribution in [0.1, 0.15) is 11.3 Å². The Morgan fingerprint density at radius 2 is 2.16 bits per heavy atom. The van der Waals surface area contributed by atoms with E-state index in [1.807, 2.05) is 36.9 Å². The third-order valence-electron chi connectivity index (χ3n) is 3.23. The molecule has 3 aromatic rings. The van der Waals surface area contributed by atoms with Gasteiger partial charge >= 0.3 is 0 Å². The van der Waals surface area contributed by atoms with E-state index < -0.39 is 0 Å². The monoisotopic (exact) mass is 256 g/mol. The van der Waals surface area contributed by atoms with Crippen molar-refractivity contribution in [3.63, 3.8) is 0 Å². The second kappa shape index (κ2) is 4.38. The second-order valence-corrected chi connectivity index (χ2v) is 4.65. The molecule has 0 saturated carbocycles. The van der Waals surface area contributed by atoms with Crippen LogP contribution < -0.4 is 5.73 Å². The lowest BCUT2D eigenvalue weighted by Gasteiger charge is -2.04. The molecular formula is C13H16N6. The van der Waals surface area contributed by atoms with Crippen molar-refractivity contribution in [3.05, 3.63) is 35.8 Å². The first-order valence-corrected chi connectivity index (χ1v) is 6.21. The standard InChI is InChI=1S/C13H16N6/c1-9-3-6-15-12-11(9)16-13(14)19(12)8-5-10-4-7-18(2)17-10/h3-4,6-7H,5,8H2,1-2H3,(H2,14,16). The number of pyridine rings is 1. The van der Waals surface area contributed by atoms with Crippen LogP contribution in [0.3, 0.4) is 0 Å². The van der Waals surface area contributed by atoms with Crippen LogP contribution in [0, 0.1) is 6.92 Å². The summed E-state index contributed by atoms with van der Waals surface area (Å²) >= 11 is 0. The molecule has 19 heavy (non-hydrogen) atoms. The van der Waals surface area contributed by atoms with Gasteiger partial charge in [-0.25, -0.2) is 9.97 Å². The summed E-state index contributed by atoms with van der Waals surface area (Å²) in [4.78, 5) is 8.76. The normalized spacial score (nSPS) is 11.3. The topological polar surface area (TPSA) is 74.5 Å². The molecule has 2 N–H and O–H groups in total. The molecule has 6 nitrogen and oxygen atoms in total. The van der Waals surface area contributed by atoms with Crippen molar-refractivity contribution in [1.29, 1.82) is 0 Å². The number of aromatic nitrogens is 5. The van der Waals surface area contributed by atoms with Gasteiger partial charge in [0.2, 0.25) is 5.95 Å². The second-order valence-electron chi connectivity index (χ2n) is 4.65. The van der Waals surface area contributed by atoms with E-state index in [1.54, 1.807) is 10.9 Å². The maximum atomic E-state index is 5.98. The first-order valence-electron chi connectivity index (χ1n) is 6.21. The van der Waals surface area contributed by atoms with E-state index in [0.717, 1.165) is 35.4 Å². The lowest BCUT2D eigenvalue weighted by Crippen LogP contribution is -2.07. The van der Waals surface area contributed by atoms with Gasteiger partial charge in [-0.05, 0) is 24.6 Å². The van der Waals surface area contributed by atoms with Crippen LogP contribution in [0.2, 0.25) is 0 Å². The van der Waals surface area contributed by atoms with Crippen molar-refractivity contribution in [1.82, 2.24) is 24.3 Å². The Hall–Kier alpha value is -2.37. The van der Waals surface area contributed by atoms with Gasteiger partial charge < -0.3 is 5.73 Å². The van der Waals surface area contributed by atoms with Crippen LogP contribution in [-0.4, -0.2) is 24.3 Å². The first-order chi connectivity index (χ1) is 9.15. The summed E-state index contributed by atoms with van der Waals surface area (Å²) in [6, 6.07) is 3.95. The fraction of sp³-hybridized carbons (Fsp3) is 0.308. The van der Waals surface area contributed by atoms with Gasteiger partial charge in [0.15, 0.2) is 5.65 Å². The number of hydrogen-bond acceptors (Lipinski definition) is 4. The number of rotatable bonds is 3. The summed E-state index contributed by atoms with van der Waals surface area (Å²) in [5.74, 6) is 0.507. The van der Waals surface area contributed by atoms with Crippen LogP contribution in [0.25, 0.3) is 11.2 Å². The maximum absolute atomic E-state index is 5.98. The smallest absolute Gasteiger partial charge is 0.202 e. The summed E-state index contributed by atoms with van der Waals surface area (Å²) in [6.45, 7) is 2.75. The Morgan fingerprint density at radius 1 is 1.32 bits per heavy atom. The van der Waals surface area contributed by atoms with Crippen molar-refractivity contribution < 1.29 is 0 Å². The molecule has 0 radical (unpaired) electrons. The van der Waals surface area contributed by atoms with Crippen LogP contribution in [0.15, 0.2) is 24.5 Å². The highest BCUT2D eigenvalue weighted by Gasteiger charge is 2.11. The van der Waals surface area contributed by atoms with E-state index in [1.165, 1.54) is 0 Å². The summed E-state index contributed by atoms with van der Waals surface area (Å²) in [6.07, 6.45) is 4.54. The molecule has 0 aromatic carbocycles. The van der Waals surface area contributed by atoms with Crippen LogP contribution in [0.4, 0.5) is 5.95 Å². The highest BCUT2D eigenvalue weighted by atomic mass is 15.2. The van der Waals surface area contributed by atoms with E-state index in [9.17, 15) is 0 Å². The fourth-order valence-corrected chi connectivity index (χ4v) is 2.20. The van der Waals surface area contributed by atoms with Crippen LogP contribution >= 0.6 is 0 Å². The Labute approximate surface area is 110 Å². The number of fused-ring (bicyclic) bond motifs is 1. The van der Waals surface area contributed by atoms with Crippen molar-refractivity contribution in [2.75, 3.05) is 5.73 Å². The molecule has 98 valence electrons. The summed E-state index contributed by atoms with van der Waals surface area (Å²) in [5.41, 5.74) is 9.82. The number of hydrogen-bond donors (Lipinski definition) is 1. The van der Waals surface area contributed by atoms with Gasteiger partial charge in [0.1, 0.15) is 5.52 Å². The van der Waals surface area contributed by atoms with Gasteiger partial charge in [0.25, 0.3) is 0 Å². The quantitative estimate of drug-likeness (QED) is 0.766. The van der Waals surface area contributed by atoms with Crippen molar-refractivity contribution in [2.45, 2.75) is 19.9 Å². The van der Waals surface area contributed by atoms with Crippen LogP contribution in [-0.2, 0) is 20.0 Å². The van der Waals surface area contributed by atoms with Gasteiger partial charge in [-0.1, -0.05) is 0 Å². The van der Waals surface area contributed by atoms with Crippen molar-refractivity contribution in [2.24, 2.45) is 7.05 Å². The number of nitrogens with zero attached hydrogens (tertiary/aromatic N) is 5. The van der Waals surface area contributed by atoms with Crippen molar-refractivity contribution in [3.8, 4) is 0 Å². The minimum Gasteiger partial charge on any atom is -0.369 e. The third-order valence-corrected chi connectivity index (χ3v) is 3.23. The fourth-order valence-electron chi connectivity index (χ4n) is 2.20. The van der Waals surface area contributed by atoms with E-state index in [-0.39, 0.29) is 0 Å². The average Bonchev–Trinajstić information content (AvgIpc) is 2.92. The van der Waals surface area contributed by atoms with Gasteiger partial charge in [0, 0.05) is 32.4 Å². The van der Waals surface area contributed by atoms with Crippen molar-refractivity contribution >= 4 is 17.1 Å². The Morgan fingerprint density at radius 3 is 2.89 bits per heavy atom. The molecule has 0 aliphatic heterocycles. The zero-order chi connectivity index (χ0) is 13.4. The van der Waals surface area contributed by atoms with Gasteiger partial charge in [-0.2, -0.15) is 5.10 Å². The lowest BCUT2D eigenvalue weighted by molar-refractivity contribution is 0.679. The molecule has 0 saturated heterocycles. The number of nitrogens with two attached hydrogens (primary N) is 1. The number of nitrogen functional groups attached to an aromatic ring is 1. The number of anilines is 1. The lowest BCUT2D eigenvalue weighted by atomic mass is 10.2. The summed E-state index contributed by atoms with van der Waals surface area (Å²) in [5, 5.41) is 4.36. The Kier molecular flexibility index (Phi) is 2.70. The molecule has 0 amide bonds. The minimum absolute atomic E-state index is 0.507. The number of imidazole rings is 1. The maximum Gasteiger partial charge on any atom is 0.202 e. The highest BCUT2D eigenvalue weighted by molar-refractivity contribution is 5.77. The molecule has 0 spiro atoms. The molecule has 0 unspecified atom stereocenters. The molecule has 0 bridgehead atoms. The molecule has 3 aromatic heterocycles. The first kappa shape index (κ1) is 11.7. The molecule has 0 atom stereocenters. The van der Waals surface area contributed by atoms with E-state index >= 15 is 0 Å². The van der Waals surface area contributed by atoms with Gasteiger partial charge in [-0.15, -0.1) is 0 Å². The summed E-state index contributed by atoms with van der Waals surface area (Å²) < 4.78 is 3.74. The molecular weight excluding hydrogens is 240 g/mol. The van der Waals surface area contributed by atoms with Gasteiger partial charge in [0.05, 0.1) is 5.69 Å². The average molecular weight is 256 g/mol. The predicted octanol–water partition coefficient (Wildman–Crippen LogP) is 1.30. The number of aryl methyl sites for hydroxylation is 4. The van der Waals surface area contributed by atoms with E-state index in [4.69, 9.17) is 5.73 Å².